The van der Waals surface area contributed by atoms with Crippen LogP contribution in [0.3, 0.4) is 0 Å². The number of nitrogens with zero attached hydrogens (tertiary/aromatic N) is 2. The highest BCUT2D eigenvalue weighted by Crippen LogP contribution is 2.38. The summed E-state index contributed by atoms with van der Waals surface area (Å²) in [5, 5.41) is 6.73. The smallest absolute Gasteiger partial charge is 0.204 e. The lowest BCUT2D eigenvalue weighted by atomic mass is 9.78. The van der Waals surface area contributed by atoms with Gasteiger partial charge in [-0.3, -0.25) is 0 Å². The molecular formula is C13H22N4O. The molecule has 1 fully saturated rings. The van der Waals surface area contributed by atoms with Gasteiger partial charge in [0.25, 0.3) is 0 Å². The number of hydrogen-bond donors (Lipinski definition) is 2. The maximum Gasteiger partial charge on any atom is 0.204 e. The Kier molecular flexibility index (Phi) is 3.89. The summed E-state index contributed by atoms with van der Waals surface area (Å²) < 4.78 is 5.44. The van der Waals surface area contributed by atoms with Gasteiger partial charge in [0, 0.05) is 12.1 Å². The van der Waals surface area contributed by atoms with E-state index in [-0.39, 0.29) is 5.54 Å². The third-order valence-electron chi connectivity index (χ3n) is 3.43. The zero-order chi connectivity index (χ0) is 13.0. The molecule has 1 aromatic heterocycles. The second kappa shape index (κ2) is 5.42. The van der Waals surface area contributed by atoms with Gasteiger partial charge in [-0.05, 0) is 32.6 Å². The van der Waals surface area contributed by atoms with Gasteiger partial charge in [0.05, 0.1) is 7.11 Å². The molecule has 5 nitrogen and oxygen atoms in total. The Labute approximate surface area is 108 Å². The highest BCUT2D eigenvalue weighted by molar-refractivity contribution is 5.64. The highest BCUT2D eigenvalue weighted by atomic mass is 16.5. The minimum Gasteiger partial charge on any atom is -0.490 e. The molecule has 0 amide bonds. The molecule has 0 atom stereocenters. The number of anilines is 2. The van der Waals surface area contributed by atoms with Crippen LogP contribution in [0.25, 0.3) is 0 Å². The van der Waals surface area contributed by atoms with Gasteiger partial charge in [0.15, 0.2) is 11.6 Å². The van der Waals surface area contributed by atoms with Gasteiger partial charge in [-0.1, -0.05) is 6.92 Å². The second-order valence-electron chi connectivity index (χ2n) is 5.07. The minimum absolute atomic E-state index is 0.156. The summed E-state index contributed by atoms with van der Waals surface area (Å²) in [6, 6.07) is 0. The Morgan fingerprint density at radius 3 is 2.61 bits per heavy atom. The molecule has 5 heteroatoms. The summed E-state index contributed by atoms with van der Waals surface area (Å²) in [7, 11) is 1.66. The fraction of sp³-hybridized carbons (Fsp3) is 0.692. The van der Waals surface area contributed by atoms with Gasteiger partial charge < -0.3 is 15.4 Å². The van der Waals surface area contributed by atoms with E-state index in [1.807, 2.05) is 0 Å². The molecule has 0 unspecified atom stereocenters. The summed E-state index contributed by atoms with van der Waals surface area (Å²) >= 11 is 0. The molecule has 0 spiro atoms. The zero-order valence-electron chi connectivity index (χ0n) is 11.4. The Morgan fingerprint density at radius 1 is 1.33 bits per heavy atom. The standard InChI is InChI=1S/C13H22N4O/c1-4-8-14-11-10(18-3)12(16-9-15-11)17-13(2)6-5-7-13/h9H,4-8H2,1-3H3,(H2,14,15,16,17). The number of methoxy groups -OCH3 is 1. The Balaban J connectivity index is 2.18. The summed E-state index contributed by atoms with van der Waals surface area (Å²) in [5.74, 6) is 2.26. The number of rotatable bonds is 6. The van der Waals surface area contributed by atoms with Crippen LogP contribution in [0.2, 0.25) is 0 Å². The lowest BCUT2D eigenvalue weighted by molar-refractivity contribution is 0.303. The minimum atomic E-state index is 0.156. The van der Waals surface area contributed by atoms with Crippen LogP contribution in [-0.2, 0) is 0 Å². The highest BCUT2D eigenvalue weighted by Gasteiger charge is 2.33. The molecule has 2 rings (SSSR count). The van der Waals surface area contributed by atoms with E-state index in [0.717, 1.165) is 24.6 Å². The number of aromatic nitrogens is 2. The van der Waals surface area contributed by atoms with E-state index in [2.05, 4.69) is 34.4 Å². The van der Waals surface area contributed by atoms with Crippen LogP contribution in [-0.4, -0.2) is 29.2 Å². The molecule has 1 aliphatic carbocycles. The molecule has 1 saturated carbocycles. The van der Waals surface area contributed by atoms with E-state index in [1.165, 1.54) is 19.3 Å². The number of ether oxygens (including phenoxy) is 1. The molecular weight excluding hydrogens is 228 g/mol. The van der Waals surface area contributed by atoms with Crippen LogP contribution in [0.4, 0.5) is 11.6 Å². The molecule has 18 heavy (non-hydrogen) atoms. The van der Waals surface area contributed by atoms with E-state index in [9.17, 15) is 0 Å². The largest absolute Gasteiger partial charge is 0.490 e. The first-order valence-corrected chi connectivity index (χ1v) is 6.59. The van der Waals surface area contributed by atoms with Crippen molar-refractivity contribution in [1.82, 2.24) is 9.97 Å². The Hall–Kier alpha value is -1.52. The van der Waals surface area contributed by atoms with Crippen molar-refractivity contribution in [2.24, 2.45) is 0 Å². The van der Waals surface area contributed by atoms with Gasteiger partial charge in [-0.25, -0.2) is 9.97 Å². The van der Waals surface area contributed by atoms with Crippen LogP contribution >= 0.6 is 0 Å². The third-order valence-corrected chi connectivity index (χ3v) is 3.43. The molecule has 0 saturated heterocycles. The summed E-state index contributed by atoms with van der Waals surface area (Å²) in [6.45, 7) is 5.22. The molecule has 0 aromatic carbocycles. The Bertz CT molecular complexity index is 404. The van der Waals surface area contributed by atoms with Crippen LogP contribution < -0.4 is 15.4 Å². The Morgan fingerprint density at radius 2 is 2.06 bits per heavy atom. The normalized spacial score (nSPS) is 16.8. The van der Waals surface area contributed by atoms with Crippen molar-refractivity contribution >= 4 is 11.6 Å². The first kappa shape index (κ1) is 12.9. The molecule has 100 valence electrons. The number of hydrogen-bond acceptors (Lipinski definition) is 5. The molecule has 0 radical (unpaired) electrons. The van der Waals surface area contributed by atoms with Crippen molar-refractivity contribution in [3.05, 3.63) is 6.33 Å². The van der Waals surface area contributed by atoms with Crippen molar-refractivity contribution in [3.8, 4) is 5.75 Å². The first-order valence-electron chi connectivity index (χ1n) is 6.59. The maximum absolute atomic E-state index is 5.44. The molecule has 0 bridgehead atoms. The van der Waals surface area contributed by atoms with Crippen molar-refractivity contribution in [3.63, 3.8) is 0 Å². The van der Waals surface area contributed by atoms with E-state index in [4.69, 9.17) is 4.74 Å². The van der Waals surface area contributed by atoms with Gasteiger partial charge in [-0.2, -0.15) is 0 Å². The average molecular weight is 250 g/mol. The van der Waals surface area contributed by atoms with E-state index < -0.39 is 0 Å². The molecule has 1 aliphatic rings. The predicted octanol–water partition coefficient (Wildman–Crippen LogP) is 2.66. The van der Waals surface area contributed by atoms with E-state index >= 15 is 0 Å². The number of nitrogens with one attached hydrogen (secondary N) is 2. The average Bonchev–Trinajstić information content (AvgIpc) is 2.34. The van der Waals surface area contributed by atoms with E-state index in [0.29, 0.717) is 5.75 Å². The first-order chi connectivity index (χ1) is 8.68. The van der Waals surface area contributed by atoms with Crippen LogP contribution in [0, 0.1) is 0 Å². The second-order valence-corrected chi connectivity index (χ2v) is 5.07. The lowest BCUT2D eigenvalue weighted by Gasteiger charge is -2.39. The molecule has 1 heterocycles. The summed E-state index contributed by atoms with van der Waals surface area (Å²) in [6.07, 6.45) is 6.26. The fourth-order valence-corrected chi connectivity index (χ4v) is 2.14. The summed E-state index contributed by atoms with van der Waals surface area (Å²) in [4.78, 5) is 8.53. The summed E-state index contributed by atoms with van der Waals surface area (Å²) in [5.41, 5.74) is 0.156. The SMILES string of the molecule is CCCNc1ncnc(NC2(C)CCC2)c1OC. The van der Waals surface area contributed by atoms with Crippen molar-refractivity contribution < 1.29 is 4.74 Å². The molecule has 0 aliphatic heterocycles. The van der Waals surface area contributed by atoms with Gasteiger partial charge in [0.2, 0.25) is 5.75 Å². The van der Waals surface area contributed by atoms with Crippen molar-refractivity contribution in [2.45, 2.75) is 45.1 Å². The topological polar surface area (TPSA) is 59.1 Å². The predicted molar refractivity (Wildman–Crippen MR) is 73.2 cm³/mol. The van der Waals surface area contributed by atoms with Crippen LogP contribution in [0.1, 0.15) is 39.5 Å². The molecule has 2 N–H and O–H groups in total. The van der Waals surface area contributed by atoms with E-state index in [1.54, 1.807) is 13.4 Å². The van der Waals surface area contributed by atoms with Crippen LogP contribution in [0.15, 0.2) is 6.33 Å². The van der Waals surface area contributed by atoms with Gasteiger partial charge >= 0.3 is 0 Å². The lowest BCUT2D eigenvalue weighted by Crippen LogP contribution is -2.42. The quantitative estimate of drug-likeness (QED) is 0.813. The maximum atomic E-state index is 5.44. The third kappa shape index (κ3) is 2.66. The monoisotopic (exact) mass is 250 g/mol. The van der Waals surface area contributed by atoms with Crippen molar-refractivity contribution in [2.75, 3.05) is 24.3 Å². The van der Waals surface area contributed by atoms with Crippen molar-refractivity contribution in [1.29, 1.82) is 0 Å². The zero-order valence-corrected chi connectivity index (χ0v) is 11.4. The fourth-order valence-electron chi connectivity index (χ4n) is 2.14. The molecule has 1 aromatic rings. The van der Waals surface area contributed by atoms with Crippen LogP contribution in [0.5, 0.6) is 5.75 Å². The van der Waals surface area contributed by atoms with Gasteiger partial charge in [0.1, 0.15) is 6.33 Å². The van der Waals surface area contributed by atoms with Gasteiger partial charge in [-0.15, -0.1) is 0 Å².